The highest BCUT2D eigenvalue weighted by Gasteiger charge is 2.25. The molecule has 0 heterocycles. The van der Waals surface area contributed by atoms with Crippen LogP contribution in [0.1, 0.15) is 12.5 Å². The third kappa shape index (κ3) is 3.76. The highest BCUT2D eigenvalue weighted by atomic mass is 35.5. The van der Waals surface area contributed by atoms with E-state index in [1.807, 2.05) is 0 Å². The van der Waals surface area contributed by atoms with Crippen LogP contribution in [0.5, 0.6) is 11.5 Å². The number of nitrogens with zero attached hydrogens (tertiary/aromatic N) is 1. The zero-order valence-electron chi connectivity index (χ0n) is 12.5. The summed E-state index contributed by atoms with van der Waals surface area (Å²) in [6.07, 6.45) is 0.992. The van der Waals surface area contributed by atoms with Crippen molar-refractivity contribution in [1.82, 2.24) is 0 Å². The highest BCUT2D eigenvalue weighted by Crippen LogP contribution is 2.34. The van der Waals surface area contributed by atoms with Crippen molar-refractivity contribution in [3.8, 4) is 11.5 Å². The number of phenols is 1. The van der Waals surface area contributed by atoms with Crippen molar-refractivity contribution in [2.75, 3.05) is 12.0 Å². The Kier molecular flexibility index (Phi) is 5.68. The zero-order chi connectivity index (χ0) is 18.7. The predicted octanol–water partition coefficient (Wildman–Crippen LogP) is 4.59. The van der Waals surface area contributed by atoms with Crippen LogP contribution in [0, 0.1) is 29.1 Å². The van der Waals surface area contributed by atoms with E-state index in [-0.39, 0.29) is 28.7 Å². The number of benzene rings is 2. The molecule has 2 aromatic carbocycles. The second kappa shape index (κ2) is 7.56. The molecular weight excluding hydrogens is 371 g/mol. The molecule has 4 nitrogen and oxygen atoms in total. The summed E-state index contributed by atoms with van der Waals surface area (Å²) >= 11 is 5.79. The summed E-state index contributed by atoms with van der Waals surface area (Å²) in [7, 11) is 0. The lowest BCUT2D eigenvalue weighted by atomic mass is 10.2. The maximum atomic E-state index is 13.5. The molecule has 0 unspecified atom stereocenters. The van der Waals surface area contributed by atoms with Gasteiger partial charge in [-0.1, -0.05) is 11.6 Å². The molecule has 0 atom stereocenters. The molecule has 0 aromatic heterocycles. The Bertz CT molecular complexity index is 816. The van der Waals surface area contributed by atoms with Crippen molar-refractivity contribution < 1.29 is 31.8 Å². The van der Waals surface area contributed by atoms with Crippen LogP contribution < -0.4 is 10.2 Å². The fourth-order valence-electron chi connectivity index (χ4n) is 1.81. The minimum atomic E-state index is -2.27. The second-order valence-corrected chi connectivity index (χ2v) is 5.00. The van der Waals surface area contributed by atoms with Crippen molar-refractivity contribution in [1.29, 1.82) is 0 Å². The summed E-state index contributed by atoms with van der Waals surface area (Å²) in [4.78, 5) is 0. The number of anilines is 1. The van der Waals surface area contributed by atoms with Gasteiger partial charge in [0.15, 0.2) is 34.8 Å². The van der Waals surface area contributed by atoms with E-state index in [0.717, 1.165) is 6.21 Å². The number of halogens is 6. The summed E-state index contributed by atoms with van der Waals surface area (Å²) in [5.41, 5.74) is 0.686. The van der Waals surface area contributed by atoms with Gasteiger partial charge in [-0.2, -0.15) is 5.10 Å². The van der Waals surface area contributed by atoms with E-state index < -0.39 is 34.8 Å². The number of phenolic OH excluding ortho intramolecular Hbond substituents is 1. The van der Waals surface area contributed by atoms with Gasteiger partial charge in [0.1, 0.15) is 5.69 Å². The number of rotatable bonds is 5. The van der Waals surface area contributed by atoms with E-state index in [4.69, 9.17) is 16.3 Å². The molecule has 134 valence electrons. The van der Waals surface area contributed by atoms with Crippen LogP contribution in [0.15, 0.2) is 17.2 Å². The first-order chi connectivity index (χ1) is 11.8. The largest absolute Gasteiger partial charge is 0.503 e. The lowest BCUT2D eigenvalue weighted by Crippen LogP contribution is -2.06. The molecule has 0 aliphatic rings. The highest BCUT2D eigenvalue weighted by molar-refractivity contribution is 6.32. The van der Waals surface area contributed by atoms with E-state index in [2.05, 4.69) is 5.10 Å². The molecule has 0 fully saturated rings. The first-order valence-electron chi connectivity index (χ1n) is 6.73. The molecule has 2 N–H and O–H groups in total. The predicted molar refractivity (Wildman–Crippen MR) is 81.7 cm³/mol. The van der Waals surface area contributed by atoms with Crippen LogP contribution in [0.2, 0.25) is 5.02 Å². The Balaban J connectivity index is 2.31. The lowest BCUT2D eigenvalue weighted by Gasteiger charge is -2.09. The van der Waals surface area contributed by atoms with Crippen molar-refractivity contribution in [3.05, 3.63) is 51.8 Å². The van der Waals surface area contributed by atoms with E-state index in [9.17, 15) is 27.1 Å². The molecule has 0 bridgehead atoms. The van der Waals surface area contributed by atoms with Crippen LogP contribution in [0.3, 0.4) is 0 Å². The Morgan fingerprint density at radius 3 is 2.20 bits per heavy atom. The van der Waals surface area contributed by atoms with E-state index >= 15 is 0 Å². The molecule has 0 amide bonds. The number of nitrogens with one attached hydrogen (secondary N) is 1. The Labute approximate surface area is 143 Å². The molecule has 0 aliphatic carbocycles. The van der Waals surface area contributed by atoms with Gasteiger partial charge in [0.25, 0.3) is 0 Å². The molecule has 0 radical (unpaired) electrons. The van der Waals surface area contributed by atoms with Crippen LogP contribution in [0.25, 0.3) is 0 Å². The van der Waals surface area contributed by atoms with Gasteiger partial charge < -0.3 is 9.84 Å². The van der Waals surface area contributed by atoms with Gasteiger partial charge in [0, 0.05) is 0 Å². The Hall–Kier alpha value is -2.55. The van der Waals surface area contributed by atoms with Crippen LogP contribution in [-0.2, 0) is 0 Å². The molecule has 25 heavy (non-hydrogen) atoms. The first kappa shape index (κ1) is 18.8. The van der Waals surface area contributed by atoms with Crippen LogP contribution >= 0.6 is 11.6 Å². The Morgan fingerprint density at radius 1 is 1.08 bits per heavy atom. The number of hydrogen-bond acceptors (Lipinski definition) is 4. The minimum Gasteiger partial charge on any atom is -0.503 e. The maximum Gasteiger partial charge on any atom is 0.200 e. The standard InChI is InChI=1S/C15H10ClF5N2O2/c1-2-25-8-4-6(3-7(16)15(8)24)5-22-23-14-12(20)10(18)9(17)11(19)13(14)21/h3-5,23-24H,2H2,1H3/b22-5-. The van der Waals surface area contributed by atoms with E-state index in [0.29, 0.717) is 0 Å². The maximum absolute atomic E-state index is 13.5. The molecule has 0 saturated carbocycles. The van der Waals surface area contributed by atoms with Gasteiger partial charge in [-0.05, 0) is 24.6 Å². The van der Waals surface area contributed by atoms with Crippen molar-refractivity contribution in [3.63, 3.8) is 0 Å². The average molecular weight is 381 g/mol. The quantitative estimate of drug-likeness (QED) is 0.262. The van der Waals surface area contributed by atoms with Crippen molar-refractivity contribution >= 4 is 23.5 Å². The molecule has 2 rings (SSSR count). The molecular formula is C15H10ClF5N2O2. The first-order valence-corrected chi connectivity index (χ1v) is 7.11. The third-order valence-electron chi connectivity index (χ3n) is 2.95. The number of ether oxygens (including phenoxy) is 1. The minimum absolute atomic E-state index is 0.0349. The zero-order valence-corrected chi connectivity index (χ0v) is 13.3. The van der Waals surface area contributed by atoms with Crippen LogP contribution in [-0.4, -0.2) is 17.9 Å². The smallest absolute Gasteiger partial charge is 0.200 e. The topological polar surface area (TPSA) is 53.8 Å². The molecule has 0 aliphatic heterocycles. The van der Waals surface area contributed by atoms with E-state index in [1.54, 1.807) is 12.3 Å². The average Bonchev–Trinajstić information content (AvgIpc) is 2.59. The van der Waals surface area contributed by atoms with Gasteiger partial charge in [-0.15, -0.1) is 0 Å². The molecule has 2 aromatic rings. The molecule has 0 spiro atoms. The molecule has 0 saturated heterocycles. The summed E-state index contributed by atoms with van der Waals surface area (Å²) in [6, 6.07) is 2.57. The van der Waals surface area contributed by atoms with Gasteiger partial charge in [-0.25, -0.2) is 22.0 Å². The van der Waals surface area contributed by atoms with Crippen molar-refractivity contribution in [2.24, 2.45) is 5.10 Å². The number of hydrogen-bond donors (Lipinski definition) is 2. The fourth-order valence-corrected chi connectivity index (χ4v) is 2.03. The van der Waals surface area contributed by atoms with E-state index in [1.165, 1.54) is 12.1 Å². The normalized spacial score (nSPS) is 11.2. The second-order valence-electron chi connectivity index (χ2n) is 4.60. The lowest BCUT2D eigenvalue weighted by molar-refractivity contribution is 0.318. The monoisotopic (exact) mass is 380 g/mol. The van der Waals surface area contributed by atoms with Gasteiger partial charge >= 0.3 is 0 Å². The number of hydrazone groups is 1. The SMILES string of the molecule is CCOc1cc(/C=N\Nc2c(F)c(F)c(F)c(F)c2F)cc(Cl)c1O. The van der Waals surface area contributed by atoms with Gasteiger partial charge in [0.2, 0.25) is 5.82 Å². The van der Waals surface area contributed by atoms with Gasteiger partial charge in [-0.3, -0.25) is 5.43 Å². The summed E-state index contributed by atoms with van der Waals surface area (Å²) in [5, 5.41) is 13.0. The summed E-state index contributed by atoms with van der Waals surface area (Å²) in [5.74, 6) is -10.8. The third-order valence-corrected chi connectivity index (χ3v) is 3.24. The molecule has 10 heteroatoms. The fraction of sp³-hybridized carbons (Fsp3) is 0.133. The summed E-state index contributed by atoms with van der Waals surface area (Å²) in [6.45, 7) is 1.89. The number of aromatic hydroxyl groups is 1. The van der Waals surface area contributed by atoms with Crippen LogP contribution in [0.4, 0.5) is 27.6 Å². The Morgan fingerprint density at radius 2 is 1.64 bits per heavy atom. The summed E-state index contributed by atoms with van der Waals surface area (Å²) < 4.78 is 71.2. The van der Waals surface area contributed by atoms with Crippen molar-refractivity contribution in [2.45, 2.75) is 6.92 Å². The van der Waals surface area contributed by atoms with Gasteiger partial charge in [0.05, 0.1) is 17.8 Å².